The number of carboxylic acids is 1. The molecule has 6 nitrogen and oxygen atoms in total. The van der Waals surface area contributed by atoms with Crippen LogP contribution in [-0.2, 0) is 6.61 Å². The van der Waals surface area contributed by atoms with Gasteiger partial charge < -0.3 is 14.9 Å². The van der Waals surface area contributed by atoms with Crippen molar-refractivity contribution in [2.24, 2.45) is 0 Å². The molecule has 0 amide bonds. The second-order valence-corrected chi connectivity index (χ2v) is 7.54. The Labute approximate surface area is 172 Å². The summed E-state index contributed by atoms with van der Waals surface area (Å²) >= 11 is 1.42. The molecule has 1 heterocycles. The van der Waals surface area contributed by atoms with Gasteiger partial charge in [0.2, 0.25) is 0 Å². The molecule has 0 spiro atoms. The van der Waals surface area contributed by atoms with Crippen molar-refractivity contribution in [3.63, 3.8) is 0 Å². The molecule has 0 saturated heterocycles. The number of phenols is 1. The number of benzene rings is 2. The number of ketones is 1. The summed E-state index contributed by atoms with van der Waals surface area (Å²) in [6.45, 7) is 3.42. The summed E-state index contributed by atoms with van der Waals surface area (Å²) in [6.07, 6.45) is 2.93. The van der Waals surface area contributed by atoms with Crippen LogP contribution >= 0.6 is 11.8 Å². The molecule has 3 aromatic rings. The number of pyridine rings is 1. The fourth-order valence-corrected chi connectivity index (χ4v) is 3.51. The molecular weight excluding hydrogens is 390 g/mol. The first-order chi connectivity index (χ1) is 13.8. The van der Waals surface area contributed by atoms with Crippen LogP contribution in [0, 0.1) is 6.92 Å². The van der Waals surface area contributed by atoms with Gasteiger partial charge in [-0.05, 0) is 49.7 Å². The highest BCUT2D eigenvalue weighted by Crippen LogP contribution is 2.32. The van der Waals surface area contributed by atoms with Crippen LogP contribution in [0.15, 0.2) is 64.6 Å². The predicted molar refractivity (Wildman–Crippen MR) is 109 cm³/mol. The van der Waals surface area contributed by atoms with Crippen molar-refractivity contribution in [3.05, 3.63) is 77.1 Å². The van der Waals surface area contributed by atoms with Crippen LogP contribution in [0.5, 0.6) is 11.5 Å². The summed E-state index contributed by atoms with van der Waals surface area (Å²) < 4.78 is 5.79. The molecule has 0 aliphatic heterocycles. The van der Waals surface area contributed by atoms with E-state index in [1.807, 2.05) is 24.3 Å². The van der Waals surface area contributed by atoms with E-state index < -0.39 is 5.97 Å². The zero-order chi connectivity index (χ0) is 21.0. The molecule has 7 heteroatoms. The average Bonchev–Trinajstić information content (AvgIpc) is 2.70. The first-order valence-electron chi connectivity index (χ1n) is 8.76. The number of carbonyl (C=O) groups is 2. The SMILES string of the molecule is CC(=O)c1ccc(OCc2ccc(Sc3cncc(C(=O)O)c3)cc2)c(C)c1O. The molecule has 0 saturated carbocycles. The third-order valence-electron chi connectivity index (χ3n) is 4.27. The van der Waals surface area contributed by atoms with E-state index in [0.29, 0.717) is 17.9 Å². The monoisotopic (exact) mass is 409 g/mol. The van der Waals surface area contributed by atoms with Crippen LogP contribution in [0.1, 0.15) is 38.8 Å². The van der Waals surface area contributed by atoms with Crippen molar-refractivity contribution in [2.75, 3.05) is 0 Å². The second-order valence-electron chi connectivity index (χ2n) is 6.39. The fourth-order valence-electron chi connectivity index (χ4n) is 2.66. The van der Waals surface area contributed by atoms with Gasteiger partial charge in [0.15, 0.2) is 5.78 Å². The van der Waals surface area contributed by atoms with Crippen LogP contribution in [0.2, 0.25) is 0 Å². The second kappa shape index (κ2) is 8.79. The van der Waals surface area contributed by atoms with Gasteiger partial charge >= 0.3 is 5.97 Å². The predicted octanol–water partition coefficient (Wildman–Crippen LogP) is 4.73. The average molecular weight is 409 g/mol. The molecule has 0 bridgehead atoms. The summed E-state index contributed by atoms with van der Waals surface area (Å²) in [5.74, 6) is -0.749. The first-order valence-corrected chi connectivity index (χ1v) is 9.58. The van der Waals surface area contributed by atoms with E-state index in [1.165, 1.54) is 24.9 Å². The molecule has 0 atom stereocenters. The minimum absolute atomic E-state index is 0.0565. The zero-order valence-electron chi connectivity index (χ0n) is 15.9. The lowest BCUT2D eigenvalue weighted by Crippen LogP contribution is -2.00. The van der Waals surface area contributed by atoms with Crippen LogP contribution in [0.3, 0.4) is 0 Å². The summed E-state index contributed by atoms with van der Waals surface area (Å²) in [5.41, 5.74) is 1.88. The van der Waals surface area contributed by atoms with Gasteiger partial charge in [-0.2, -0.15) is 0 Å². The maximum Gasteiger partial charge on any atom is 0.337 e. The maximum absolute atomic E-state index is 11.5. The third-order valence-corrected chi connectivity index (χ3v) is 5.24. The Morgan fingerprint density at radius 1 is 1.07 bits per heavy atom. The Bertz CT molecular complexity index is 1060. The van der Waals surface area contributed by atoms with Gasteiger partial charge in [-0.3, -0.25) is 9.78 Å². The van der Waals surface area contributed by atoms with Crippen molar-refractivity contribution in [3.8, 4) is 11.5 Å². The molecule has 0 radical (unpaired) electrons. The van der Waals surface area contributed by atoms with Gasteiger partial charge in [-0.25, -0.2) is 4.79 Å². The van der Waals surface area contributed by atoms with E-state index in [-0.39, 0.29) is 22.7 Å². The summed E-state index contributed by atoms with van der Waals surface area (Å²) in [4.78, 5) is 28.2. The number of aromatic carboxylic acids is 1. The number of hydrogen-bond donors (Lipinski definition) is 2. The normalized spacial score (nSPS) is 10.6. The van der Waals surface area contributed by atoms with Crippen LogP contribution in [0.25, 0.3) is 0 Å². The summed E-state index contributed by atoms with van der Waals surface area (Å²) in [7, 11) is 0. The minimum Gasteiger partial charge on any atom is -0.507 e. The van der Waals surface area contributed by atoms with Crippen molar-refractivity contribution in [2.45, 2.75) is 30.2 Å². The topological polar surface area (TPSA) is 96.7 Å². The van der Waals surface area contributed by atoms with E-state index in [4.69, 9.17) is 9.84 Å². The number of rotatable bonds is 7. The third kappa shape index (κ3) is 4.94. The summed E-state index contributed by atoms with van der Waals surface area (Å²) in [6, 6.07) is 12.5. The van der Waals surface area contributed by atoms with E-state index in [0.717, 1.165) is 15.4 Å². The van der Waals surface area contributed by atoms with E-state index in [2.05, 4.69) is 4.98 Å². The van der Waals surface area contributed by atoms with Crippen LogP contribution in [-0.4, -0.2) is 26.9 Å². The molecule has 29 heavy (non-hydrogen) atoms. The van der Waals surface area contributed by atoms with Crippen molar-refractivity contribution in [1.82, 2.24) is 4.98 Å². The highest BCUT2D eigenvalue weighted by atomic mass is 32.2. The van der Waals surface area contributed by atoms with Crippen molar-refractivity contribution in [1.29, 1.82) is 0 Å². The molecule has 3 rings (SSSR count). The van der Waals surface area contributed by atoms with Crippen LogP contribution in [0.4, 0.5) is 0 Å². The van der Waals surface area contributed by atoms with Gasteiger partial charge in [-0.1, -0.05) is 23.9 Å². The molecular formula is C22H19NO5S. The lowest BCUT2D eigenvalue weighted by molar-refractivity contribution is 0.0696. The molecule has 0 fully saturated rings. The van der Waals surface area contributed by atoms with Crippen LogP contribution < -0.4 is 4.74 Å². The number of hydrogen-bond acceptors (Lipinski definition) is 6. The highest BCUT2D eigenvalue weighted by Gasteiger charge is 2.13. The highest BCUT2D eigenvalue weighted by molar-refractivity contribution is 7.99. The van der Waals surface area contributed by atoms with Crippen molar-refractivity contribution < 1.29 is 24.5 Å². The number of ether oxygens (including phenoxy) is 1. The number of carboxylic acid groups (broad SMARTS) is 1. The van der Waals surface area contributed by atoms with E-state index in [1.54, 1.807) is 31.3 Å². The Balaban J connectivity index is 1.66. The lowest BCUT2D eigenvalue weighted by Gasteiger charge is -2.12. The molecule has 0 unspecified atom stereocenters. The standard InChI is InChI=1S/C22H19NO5S/c1-13-20(8-7-19(14(2)24)21(13)25)28-12-15-3-5-17(6-4-15)29-18-9-16(22(26)27)10-23-11-18/h3-11,25H,12H2,1-2H3,(H,26,27). The molecule has 1 aromatic heterocycles. The molecule has 148 valence electrons. The fraction of sp³-hybridized carbons (Fsp3) is 0.136. The molecule has 0 aliphatic carbocycles. The lowest BCUT2D eigenvalue weighted by atomic mass is 10.1. The van der Waals surface area contributed by atoms with Gasteiger partial charge in [0.05, 0.1) is 11.1 Å². The summed E-state index contributed by atoms with van der Waals surface area (Å²) in [5, 5.41) is 19.2. The van der Waals surface area contributed by atoms with E-state index in [9.17, 15) is 14.7 Å². The van der Waals surface area contributed by atoms with E-state index >= 15 is 0 Å². The molecule has 2 N–H and O–H groups in total. The number of aromatic nitrogens is 1. The van der Waals surface area contributed by atoms with Gasteiger partial charge in [-0.15, -0.1) is 0 Å². The number of aromatic hydroxyl groups is 1. The number of phenolic OH excluding ortho intramolecular Hbond substituents is 1. The molecule has 0 aliphatic rings. The smallest absolute Gasteiger partial charge is 0.337 e. The quantitative estimate of drug-likeness (QED) is 0.545. The Hall–Kier alpha value is -3.32. The zero-order valence-corrected chi connectivity index (χ0v) is 16.7. The largest absolute Gasteiger partial charge is 0.507 e. The Kier molecular flexibility index (Phi) is 6.19. The number of Topliss-reactive ketones (excluding diaryl/α,β-unsaturated/α-hetero) is 1. The number of nitrogens with zero attached hydrogens (tertiary/aromatic N) is 1. The Morgan fingerprint density at radius 3 is 2.45 bits per heavy atom. The van der Waals surface area contributed by atoms with Gasteiger partial charge in [0, 0.05) is 27.7 Å². The number of carbonyl (C=O) groups excluding carboxylic acids is 1. The maximum atomic E-state index is 11.5. The first kappa shape index (κ1) is 20.4. The van der Waals surface area contributed by atoms with Crippen molar-refractivity contribution >= 4 is 23.5 Å². The molecule has 2 aromatic carbocycles. The minimum atomic E-state index is -1.01. The van der Waals surface area contributed by atoms with Gasteiger partial charge in [0.25, 0.3) is 0 Å². The Morgan fingerprint density at radius 2 is 1.79 bits per heavy atom. The van der Waals surface area contributed by atoms with Gasteiger partial charge in [0.1, 0.15) is 18.1 Å².